The molecule has 0 aliphatic carbocycles. The van der Waals surface area contributed by atoms with Gasteiger partial charge in [0, 0.05) is 37.1 Å². The Bertz CT molecular complexity index is 1220. The molecular formula is C25H26ClN3O3S. The molecule has 0 bridgehead atoms. The largest absolute Gasteiger partial charge is 0.351 e. The van der Waals surface area contributed by atoms with Crippen LogP contribution in [-0.2, 0) is 10.0 Å². The van der Waals surface area contributed by atoms with E-state index in [2.05, 4.69) is 11.1 Å². The predicted octanol–water partition coefficient (Wildman–Crippen LogP) is 5.00. The van der Waals surface area contributed by atoms with Crippen LogP contribution in [0.1, 0.15) is 29.2 Å². The van der Waals surface area contributed by atoms with Gasteiger partial charge in [0.1, 0.15) is 4.90 Å². The third kappa shape index (κ3) is 4.84. The van der Waals surface area contributed by atoms with E-state index in [4.69, 9.17) is 11.6 Å². The Morgan fingerprint density at radius 2 is 1.73 bits per heavy atom. The normalized spacial score (nSPS) is 14.8. The molecule has 1 saturated heterocycles. The maximum Gasteiger partial charge on any atom is 0.266 e. The van der Waals surface area contributed by atoms with Crippen molar-refractivity contribution in [3.8, 4) is 0 Å². The van der Waals surface area contributed by atoms with Gasteiger partial charge in [-0.05, 0) is 55.3 Å². The second-order valence-electron chi connectivity index (χ2n) is 7.96. The maximum atomic E-state index is 13.5. The number of para-hydroxylation sites is 1. The lowest BCUT2D eigenvalue weighted by Gasteiger charge is -2.33. The van der Waals surface area contributed by atoms with E-state index in [0.29, 0.717) is 30.4 Å². The lowest BCUT2D eigenvalue weighted by atomic mass is 10.0. The van der Waals surface area contributed by atoms with Crippen molar-refractivity contribution in [1.82, 2.24) is 9.47 Å². The number of anilines is 1. The van der Waals surface area contributed by atoms with Crippen LogP contribution in [-0.4, -0.2) is 43.4 Å². The number of benzene rings is 2. The van der Waals surface area contributed by atoms with Gasteiger partial charge in [0.25, 0.3) is 15.9 Å². The van der Waals surface area contributed by atoms with Crippen LogP contribution < -0.4 is 4.31 Å². The van der Waals surface area contributed by atoms with Gasteiger partial charge in [0.2, 0.25) is 0 Å². The molecule has 6 nitrogen and oxygen atoms in total. The molecule has 0 unspecified atom stereocenters. The van der Waals surface area contributed by atoms with Gasteiger partial charge in [-0.1, -0.05) is 35.9 Å². The molecule has 4 rings (SSSR count). The fraction of sp³-hybridized carbons (Fsp3) is 0.240. The van der Waals surface area contributed by atoms with Gasteiger partial charge in [0.05, 0.1) is 17.3 Å². The van der Waals surface area contributed by atoms with Crippen molar-refractivity contribution in [2.45, 2.75) is 23.8 Å². The lowest BCUT2D eigenvalue weighted by Crippen LogP contribution is -2.39. The average Bonchev–Trinajstić information content (AvgIpc) is 3.38. The molecule has 172 valence electrons. The minimum atomic E-state index is -4.02. The average molecular weight is 484 g/mol. The molecule has 2 aromatic carbocycles. The second-order valence-corrected chi connectivity index (χ2v) is 10.2. The van der Waals surface area contributed by atoms with Crippen LogP contribution in [0.15, 0.2) is 90.6 Å². The van der Waals surface area contributed by atoms with E-state index in [9.17, 15) is 13.2 Å². The first kappa shape index (κ1) is 23.1. The molecule has 1 aliphatic rings. The Kier molecular flexibility index (Phi) is 6.91. The van der Waals surface area contributed by atoms with Crippen LogP contribution >= 0.6 is 11.6 Å². The fourth-order valence-electron chi connectivity index (χ4n) is 4.15. The number of likely N-dealkylation sites (tertiary alicyclic amines) is 1. The molecule has 33 heavy (non-hydrogen) atoms. The van der Waals surface area contributed by atoms with Crippen LogP contribution in [0.3, 0.4) is 0 Å². The number of carbonyl (C=O) groups is 1. The standard InChI is InChI=1S/C25H26ClN3O3S/c1-2-14-29(22-8-4-3-5-9-22)33(31,32)24-19-20(10-11-23(24)26)25(30)28-17-12-21(13-18-28)27-15-6-7-16-27/h2-11,15-16,19,21H,1,12-14,17-18H2. The number of aromatic nitrogens is 1. The van der Waals surface area contributed by atoms with Gasteiger partial charge in [-0.3, -0.25) is 9.10 Å². The van der Waals surface area contributed by atoms with Crippen LogP contribution in [0, 0.1) is 0 Å². The summed E-state index contributed by atoms with van der Waals surface area (Å²) >= 11 is 6.32. The zero-order valence-electron chi connectivity index (χ0n) is 18.2. The summed E-state index contributed by atoms with van der Waals surface area (Å²) in [4.78, 5) is 14.9. The summed E-state index contributed by atoms with van der Waals surface area (Å²) < 4.78 is 30.5. The fourth-order valence-corrected chi connectivity index (χ4v) is 6.09. The molecule has 1 fully saturated rings. The second kappa shape index (κ2) is 9.85. The molecule has 0 spiro atoms. The molecule has 1 aromatic heterocycles. The molecule has 1 aliphatic heterocycles. The number of hydrogen-bond donors (Lipinski definition) is 0. The van der Waals surface area contributed by atoms with Crippen LogP contribution in [0.2, 0.25) is 5.02 Å². The third-order valence-corrected chi connectivity index (χ3v) is 8.16. The first-order valence-electron chi connectivity index (χ1n) is 10.8. The Labute approximate surface area is 199 Å². The number of hydrogen-bond acceptors (Lipinski definition) is 3. The summed E-state index contributed by atoms with van der Waals surface area (Å²) in [6.07, 6.45) is 7.30. The van der Waals surface area contributed by atoms with Gasteiger partial charge in [-0.2, -0.15) is 0 Å². The van der Waals surface area contributed by atoms with E-state index in [-0.39, 0.29) is 22.4 Å². The summed E-state index contributed by atoms with van der Waals surface area (Å²) in [6.45, 7) is 4.98. The molecule has 0 atom stereocenters. The summed E-state index contributed by atoms with van der Waals surface area (Å²) in [5.41, 5.74) is 0.807. The van der Waals surface area contributed by atoms with Gasteiger partial charge in [-0.15, -0.1) is 6.58 Å². The Morgan fingerprint density at radius 1 is 1.06 bits per heavy atom. The molecule has 3 aromatic rings. The quantitative estimate of drug-likeness (QED) is 0.444. The topological polar surface area (TPSA) is 62.6 Å². The van der Waals surface area contributed by atoms with Crippen molar-refractivity contribution in [3.63, 3.8) is 0 Å². The van der Waals surface area contributed by atoms with E-state index in [1.807, 2.05) is 30.6 Å². The number of sulfonamides is 1. The van der Waals surface area contributed by atoms with E-state index in [1.54, 1.807) is 35.2 Å². The highest BCUT2D eigenvalue weighted by Crippen LogP contribution is 2.30. The SMILES string of the molecule is C=CCN(c1ccccc1)S(=O)(=O)c1cc(C(=O)N2CCC(n3cccc3)CC2)ccc1Cl. The molecule has 2 heterocycles. The Morgan fingerprint density at radius 3 is 2.36 bits per heavy atom. The van der Waals surface area contributed by atoms with Crippen molar-refractivity contribution in [2.24, 2.45) is 0 Å². The zero-order valence-corrected chi connectivity index (χ0v) is 19.8. The van der Waals surface area contributed by atoms with E-state index in [0.717, 1.165) is 12.8 Å². The lowest BCUT2D eigenvalue weighted by molar-refractivity contribution is 0.0694. The molecular weight excluding hydrogens is 458 g/mol. The highest BCUT2D eigenvalue weighted by atomic mass is 35.5. The van der Waals surface area contributed by atoms with Crippen molar-refractivity contribution in [2.75, 3.05) is 23.9 Å². The highest BCUT2D eigenvalue weighted by molar-refractivity contribution is 7.93. The third-order valence-electron chi connectivity index (χ3n) is 5.89. The maximum absolute atomic E-state index is 13.5. The van der Waals surface area contributed by atoms with Gasteiger partial charge in [0.15, 0.2) is 0 Å². The van der Waals surface area contributed by atoms with Gasteiger partial charge >= 0.3 is 0 Å². The highest BCUT2D eigenvalue weighted by Gasteiger charge is 2.29. The van der Waals surface area contributed by atoms with Gasteiger partial charge < -0.3 is 9.47 Å². The molecule has 0 N–H and O–H groups in total. The first-order chi connectivity index (χ1) is 15.9. The summed E-state index contributed by atoms with van der Waals surface area (Å²) in [5.74, 6) is -0.191. The number of rotatable bonds is 7. The summed E-state index contributed by atoms with van der Waals surface area (Å²) in [5, 5.41) is 0.0721. The molecule has 1 amide bonds. The first-order valence-corrected chi connectivity index (χ1v) is 12.6. The Hall–Kier alpha value is -3.03. The molecule has 8 heteroatoms. The van der Waals surface area contributed by atoms with Crippen molar-refractivity contribution in [1.29, 1.82) is 0 Å². The van der Waals surface area contributed by atoms with Crippen LogP contribution in [0.5, 0.6) is 0 Å². The number of piperidine rings is 1. The predicted molar refractivity (Wildman–Crippen MR) is 131 cm³/mol. The molecule has 0 radical (unpaired) electrons. The van der Waals surface area contributed by atoms with Crippen molar-refractivity contribution in [3.05, 3.63) is 96.3 Å². The number of carbonyl (C=O) groups excluding carboxylic acids is 1. The minimum Gasteiger partial charge on any atom is -0.351 e. The van der Waals surface area contributed by atoms with Gasteiger partial charge in [-0.25, -0.2) is 8.42 Å². The number of nitrogens with zero attached hydrogens (tertiary/aromatic N) is 3. The smallest absolute Gasteiger partial charge is 0.266 e. The monoisotopic (exact) mass is 483 g/mol. The molecule has 0 saturated carbocycles. The minimum absolute atomic E-state index is 0.0721. The van der Waals surface area contributed by atoms with Crippen molar-refractivity contribution >= 4 is 33.2 Å². The summed E-state index contributed by atoms with van der Waals surface area (Å²) in [6, 6.07) is 17.6. The van der Waals surface area contributed by atoms with Crippen LogP contribution in [0.4, 0.5) is 5.69 Å². The van der Waals surface area contributed by atoms with Crippen LogP contribution in [0.25, 0.3) is 0 Å². The van der Waals surface area contributed by atoms with Crippen molar-refractivity contribution < 1.29 is 13.2 Å². The van der Waals surface area contributed by atoms with E-state index < -0.39 is 10.0 Å². The van der Waals surface area contributed by atoms with E-state index >= 15 is 0 Å². The number of amides is 1. The zero-order chi connectivity index (χ0) is 23.4. The van der Waals surface area contributed by atoms with E-state index in [1.165, 1.54) is 22.5 Å². The number of halogens is 1. The summed E-state index contributed by atoms with van der Waals surface area (Å²) in [7, 11) is -4.02. The Balaban J connectivity index is 1.58.